The van der Waals surface area contributed by atoms with Crippen LogP contribution in [0.25, 0.3) is 22.0 Å². The van der Waals surface area contributed by atoms with Gasteiger partial charge in [-0.2, -0.15) is 10.1 Å². The first-order valence-corrected chi connectivity index (χ1v) is 13.6. The van der Waals surface area contributed by atoms with E-state index in [2.05, 4.69) is 16.7 Å². The Morgan fingerprint density at radius 1 is 1.22 bits per heavy atom. The molecule has 1 amide bonds. The average Bonchev–Trinajstić information content (AvgIpc) is 3.45. The smallest absolute Gasteiger partial charge is 0.350 e. The van der Waals surface area contributed by atoms with Crippen molar-refractivity contribution in [3.05, 3.63) is 82.5 Å². The summed E-state index contributed by atoms with van der Waals surface area (Å²) in [7, 11) is 0. The summed E-state index contributed by atoms with van der Waals surface area (Å²) < 4.78 is 38.3. The summed E-state index contributed by atoms with van der Waals surface area (Å²) in [5.74, 6) is -1.09. The van der Waals surface area contributed by atoms with Crippen LogP contribution in [0, 0.1) is 11.6 Å². The Hall–Kier alpha value is -4.25. The average molecular weight is 581 g/mol. The zero-order chi connectivity index (χ0) is 29.0. The molecule has 1 saturated heterocycles. The van der Waals surface area contributed by atoms with E-state index in [4.69, 9.17) is 16.3 Å². The summed E-state index contributed by atoms with van der Waals surface area (Å²) >= 11 is 6.81. The SMILES string of the molecule is C=CC(=O)N1C[C@H](C)N(c2nc(=O)n3c4c(c(-c5ccc(F)cc5F)c(Cl)cc24)OCC3Cn2cccn2)C[C@H]1C. The molecule has 2 aliphatic heterocycles. The third-order valence-electron chi connectivity index (χ3n) is 7.75. The number of amides is 1. The summed E-state index contributed by atoms with van der Waals surface area (Å²) in [6, 6.07) is 5.82. The number of piperazine rings is 1. The molecule has 212 valence electrons. The maximum Gasteiger partial charge on any atom is 0.350 e. The maximum atomic E-state index is 15.1. The van der Waals surface area contributed by atoms with E-state index in [1.54, 1.807) is 38.7 Å². The number of hydrogen-bond donors (Lipinski definition) is 0. The van der Waals surface area contributed by atoms with Crippen LogP contribution in [-0.4, -0.2) is 61.9 Å². The second kappa shape index (κ2) is 10.3. The number of hydrogen-bond acceptors (Lipinski definition) is 6. The van der Waals surface area contributed by atoms with E-state index < -0.39 is 23.4 Å². The normalized spacial score (nSPS) is 20.3. The number of aromatic nitrogens is 4. The fourth-order valence-corrected chi connectivity index (χ4v) is 6.12. The zero-order valence-corrected chi connectivity index (χ0v) is 23.2. The minimum Gasteiger partial charge on any atom is -0.488 e. The molecule has 1 unspecified atom stereocenters. The molecule has 1 fully saturated rings. The molecular weight excluding hydrogens is 554 g/mol. The highest BCUT2D eigenvalue weighted by molar-refractivity contribution is 6.35. The number of nitrogens with zero attached hydrogens (tertiary/aromatic N) is 6. The van der Waals surface area contributed by atoms with Gasteiger partial charge in [-0.15, -0.1) is 0 Å². The van der Waals surface area contributed by atoms with Crippen molar-refractivity contribution in [2.75, 3.05) is 24.6 Å². The number of carbonyl (C=O) groups excluding carboxylic acids is 1. The van der Waals surface area contributed by atoms with Crippen molar-refractivity contribution in [2.45, 2.75) is 38.5 Å². The Kier molecular flexibility index (Phi) is 6.77. The molecule has 12 heteroatoms. The van der Waals surface area contributed by atoms with Crippen LogP contribution in [0.1, 0.15) is 19.9 Å². The lowest BCUT2D eigenvalue weighted by atomic mass is 9.99. The topological polar surface area (TPSA) is 85.5 Å². The number of rotatable bonds is 5. The summed E-state index contributed by atoms with van der Waals surface area (Å²) in [4.78, 5) is 34.5. The minimum absolute atomic E-state index is 0.0507. The van der Waals surface area contributed by atoms with Gasteiger partial charge in [0, 0.05) is 60.1 Å². The van der Waals surface area contributed by atoms with Crippen molar-refractivity contribution in [1.82, 2.24) is 24.2 Å². The van der Waals surface area contributed by atoms with Crippen molar-refractivity contribution in [3.8, 4) is 16.9 Å². The van der Waals surface area contributed by atoms with Gasteiger partial charge < -0.3 is 14.5 Å². The summed E-state index contributed by atoms with van der Waals surface area (Å²) in [5, 5.41) is 4.98. The van der Waals surface area contributed by atoms with Crippen LogP contribution in [0.3, 0.4) is 0 Å². The first-order chi connectivity index (χ1) is 19.7. The van der Waals surface area contributed by atoms with Crippen LogP contribution < -0.4 is 15.3 Å². The lowest BCUT2D eigenvalue weighted by Crippen LogP contribution is -2.58. The van der Waals surface area contributed by atoms with Crippen molar-refractivity contribution >= 4 is 34.2 Å². The van der Waals surface area contributed by atoms with E-state index in [1.807, 2.05) is 18.7 Å². The van der Waals surface area contributed by atoms with Crippen molar-refractivity contribution in [2.24, 2.45) is 0 Å². The highest BCUT2D eigenvalue weighted by Crippen LogP contribution is 2.47. The van der Waals surface area contributed by atoms with Crippen LogP contribution in [0.15, 0.2) is 60.2 Å². The lowest BCUT2D eigenvalue weighted by Gasteiger charge is -2.45. The predicted octanol–water partition coefficient (Wildman–Crippen LogP) is 4.44. The molecule has 41 heavy (non-hydrogen) atoms. The molecule has 2 aliphatic rings. The standard InChI is InChI=1S/C29H27ClF2N6O3/c1-4-24(39)36-12-17(3)37(13-16(36)2)28-21-11-22(30)25(20-7-6-18(31)10-23(20)32)27-26(21)38(29(40)34-28)19(15-41-27)14-35-9-5-8-33-35/h4-11,16-17,19H,1,12-15H2,2-3H3/t16-,17+,19?/m1/s1. The largest absolute Gasteiger partial charge is 0.488 e. The molecule has 0 bridgehead atoms. The fraction of sp³-hybridized carbons (Fsp3) is 0.310. The molecule has 2 aromatic carbocycles. The fourth-order valence-electron chi connectivity index (χ4n) is 5.83. The van der Waals surface area contributed by atoms with Crippen LogP contribution in [0.2, 0.25) is 5.02 Å². The molecule has 0 radical (unpaired) electrons. The highest BCUT2D eigenvalue weighted by Gasteiger charge is 2.36. The highest BCUT2D eigenvalue weighted by atomic mass is 35.5. The Morgan fingerprint density at radius 2 is 2.02 bits per heavy atom. The third-order valence-corrected chi connectivity index (χ3v) is 8.05. The molecule has 4 heterocycles. The Labute approximate surface area is 239 Å². The third kappa shape index (κ3) is 4.54. The van der Waals surface area contributed by atoms with Gasteiger partial charge in [-0.05, 0) is 44.2 Å². The van der Waals surface area contributed by atoms with Gasteiger partial charge in [0.25, 0.3) is 0 Å². The number of halogens is 3. The monoisotopic (exact) mass is 580 g/mol. The van der Waals surface area contributed by atoms with Gasteiger partial charge in [0.2, 0.25) is 5.91 Å². The van der Waals surface area contributed by atoms with Crippen LogP contribution in [0.5, 0.6) is 5.75 Å². The van der Waals surface area contributed by atoms with Gasteiger partial charge >= 0.3 is 5.69 Å². The maximum absolute atomic E-state index is 15.1. The quantitative estimate of drug-likeness (QED) is 0.325. The molecule has 4 aromatic rings. The lowest BCUT2D eigenvalue weighted by molar-refractivity contribution is -0.128. The Bertz CT molecular complexity index is 1740. The molecular formula is C29H27ClF2N6O3. The van der Waals surface area contributed by atoms with Gasteiger partial charge in [-0.3, -0.25) is 14.0 Å². The van der Waals surface area contributed by atoms with E-state index in [0.717, 1.165) is 12.1 Å². The van der Waals surface area contributed by atoms with Crippen molar-refractivity contribution in [3.63, 3.8) is 0 Å². The molecule has 2 aromatic heterocycles. The van der Waals surface area contributed by atoms with Crippen LogP contribution >= 0.6 is 11.6 Å². The second-order valence-electron chi connectivity index (χ2n) is 10.4. The van der Waals surface area contributed by atoms with Gasteiger partial charge in [-0.25, -0.2) is 13.6 Å². The molecule has 0 N–H and O–H groups in total. The van der Waals surface area contributed by atoms with Crippen LogP contribution in [-0.2, 0) is 11.3 Å². The summed E-state index contributed by atoms with van der Waals surface area (Å²) in [6.07, 6.45) is 4.72. The number of carbonyl (C=O) groups is 1. The molecule has 6 rings (SSSR count). The van der Waals surface area contributed by atoms with E-state index in [1.165, 1.54) is 12.1 Å². The van der Waals surface area contributed by atoms with Gasteiger partial charge in [0.05, 0.1) is 23.1 Å². The first-order valence-electron chi connectivity index (χ1n) is 13.2. The van der Waals surface area contributed by atoms with E-state index in [9.17, 15) is 14.0 Å². The number of anilines is 1. The van der Waals surface area contributed by atoms with Crippen LogP contribution in [0.4, 0.5) is 14.6 Å². The molecule has 3 atom stereocenters. The Morgan fingerprint density at radius 3 is 2.73 bits per heavy atom. The van der Waals surface area contributed by atoms with Gasteiger partial charge in [0.15, 0.2) is 5.75 Å². The van der Waals surface area contributed by atoms with E-state index >= 15 is 4.39 Å². The number of benzene rings is 2. The first kappa shape index (κ1) is 26.9. The van der Waals surface area contributed by atoms with Gasteiger partial charge in [0.1, 0.15) is 24.1 Å². The number of ether oxygens (including phenoxy) is 1. The zero-order valence-electron chi connectivity index (χ0n) is 22.4. The van der Waals surface area contributed by atoms with Crippen molar-refractivity contribution < 1.29 is 18.3 Å². The Balaban J connectivity index is 1.58. The molecule has 0 spiro atoms. The molecule has 9 nitrogen and oxygen atoms in total. The van der Waals surface area contributed by atoms with E-state index in [0.29, 0.717) is 36.4 Å². The second-order valence-corrected chi connectivity index (χ2v) is 10.8. The molecule has 0 saturated carbocycles. The predicted molar refractivity (Wildman–Crippen MR) is 151 cm³/mol. The minimum atomic E-state index is -0.807. The van der Waals surface area contributed by atoms with E-state index in [-0.39, 0.29) is 46.5 Å². The van der Waals surface area contributed by atoms with Crippen molar-refractivity contribution in [1.29, 1.82) is 0 Å². The van der Waals surface area contributed by atoms with Gasteiger partial charge in [-0.1, -0.05) is 18.2 Å². The summed E-state index contributed by atoms with van der Waals surface area (Å²) in [6.45, 7) is 8.69. The molecule has 0 aliphatic carbocycles. The summed E-state index contributed by atoms with van der Waals surface area (Å²) in [5.41, 5.74) is 0.180.